The van der Waals surface area contributed by atoms with E-state index in [2.05, 4.69) is 11.1 Å². The van der Waals surface area contributed by atoms with Crippen molar-refractivity contribution < 1.29 is 4.39 Å². The largest absolute Gasteiger partial charge is 0.330 e. The van der Waals surface area contributed by atoms with Gasteiger partial charge in [0.25, 0.3) is 0 Å². The molecule has 1 aromatic carbocycles. The minimum absolute atomic E-state index is 0.00379. The number of aromatic nitrogens is 2. The lowest BCUT2D eigenvalue weighted by molar-refractivity contribution is 0.617. The zero-order valence-corrected chi connectivity index (χ0v) is 10.7. The fourth-order valence-electron chi connectivity index (χ4n) is 1.95. The number of benzene rings is 1. The molecule has 1 atom stereocenters. The van der Waals surface area contributed by atoms with E-state index in [1.807, 2.05) is 17.7 Å². The Balaban J connectivity index is 2.29. The van der Waals surface area contributed by atoms with E-state index >= 15 is 0 Å². The predicted molar refractivity (Wildman–Crippen MR) is 69.8 cm³/mol. The first-order chi connectivity index (χ1) is 9.10. The molecule has 5 heteroatoms. The summed E-state index contributed by atoms with van der Waals surface area (Å²) < 4.78 is 15.2. The number of hydrogen-bond acceptors (Lipinski definition) is 3. The van der Waals surface area contributed by atoms with Crippen molar-refractivity contribution in [2.24, 2.45) is 5.73 Å². The van der Waals surface area contributed by atoms with Crippen LogP contribution in [0.25, 0.3) is 0 Å². The molecular weight excluding hydrogens is 243 g/mol. The van der Waals surface area contributed by atoms with Crippen LogP contribution < -0.4 is 5.73 Å². The van der Waals surface area contributed by atoms with Gasteiger partial charge in [-0.1, -0.05) is 0 Å². The van der Waals surface area contributed by atoms with Gasteiger partial charge in [0, 0.05) is 24.9 Å². The van der Waals surface area contributed by atoms with Gasteiger partial charge in [-0.25, -0.2) is 9.37 Å². The number of nitrogens with two attached hydrogens (primary N) is 1. The molecule has 0 aliphatic heterocycles. The third-order valence-corrected chi connectivity index (χ3v) is 2.83. The lowest BCUT2D eigenvalue weighted by Crippen LogP contribution is -2.20. The quantitative estimate of drug-likeness (QED) is 0.909. The van der Waals surface area contributed by atoms with Crippen LogP contribution in [0, 0.1) is 17.1 Å². The molecular formula is C14H15FN4. The highest BCUT2D eigenvalue weighted by atomic mass is 19.1. The van der Waals surface area contributed by atoms with Gasteiger partial charge < -0.3 is 10.3 Å². The summed E-state index contributed by atoms with van der Waals surface area (Å²) in [5, 5.41) is 9.04. The van der Waals surface area contributed by atoms with Crippen molar-refractivity contribution in [3.63, 3.8) is 0 Å². The van der Waals surface area contributed by atoms with E-state index in [9.17, 15) is 4.39 Å². The molecule has 0 saturated heterocycles. The average molecular weight is 258 g/mol. The molecule has 1 unspecified atom stereocenters. The maximum absolute atomic E-state index is 13.3. The zero-order valence-electron chi connectivity index (χ0n) is 10.7. The Labute approximate surface area is 111 Å². The monoisotopic (exact) mass is 258 g/mol. The van der Waals surface area contributed by atoms with Crippen LogP contribution in [-0.2, 0) is 13.0 Å². The minimum atomic E-state index is -0.345. The van der Waals surface area contributed by atoms with Gasteiger partial charge in [0.15, 0.2) is 0 Å². The van der Waals surface area contributed by atoms with Gasteiger partial charge >= 0.3 is 0 Å². The van der Waals surface area contributed by atoms with Gasteiger partial charge in [-0.05, 0) is 30.7 Å². The maximum Gasteiger partial charge on any atom is 0.123 e. The molecule has 0 radical (unpaired) electrons. The van der Waals surface area contributed by atoms with E-state index in [1.165, 1.54) is 18.2 Å². The maximum atomic E-state index is 13.3. The summed E-state index contributed by atoms with van der Waals surface area (Å²) in [6, 6.07) is 6.24. The van der Waals surface area contributed by atoms with Crippen LogP contribution in [0.15, 0.2) is 30.6 Å². The fraction of sp³-hybridized carbons (Fsp3) is 0.286. The van der Waals surface area contributed by atoms with Crippen molar-refractivity contribution in [1.29, 1.82) is 5.26 Å². The third-order valence-electron chi connectivity index (χ3n) is 2.83. The highest BCUT2D eigenvalue weighted by molar-refractivity contribution is 5.38. The molecule has 0 bridgehead atoms. The molecule has 19 heavy (non-hydrogen) atoms. The fourth-order valence-corrected chi connectivity index (χ4v) is 1.95. The van der Waals surface area contributed by atoms with E-state index in [-0.39, 0.29) is 11.9 Å². The number of nitriles is 1. The van der Waals surface area contributed by atoms with E-state index in [0.29, 0.717) is 24.1 Å². The minimum Gasteiger partial charge on any atom is -0.330 e. The summed E-state index contributed by atoms with van der Waals surface area (Å²) in [5.41, 5.74) is 6.88. The van der Waals surface area contributed by atoms with E-state index in [4.69, 9.17) is 11.0 Å². The Morgan fingerprint density at radius 2 is 2.32 bits per heavy atom. The SMILES string of the molecule is CC(N)Cc1nccn1Cc1cc(F)ccc1C#N. The lowest BCUT2D eigenvalue weighted by Gasteiger charge is -2.11. The Bertz CT molecular complexity index is 610. The Hall–Kier alpha value is -2.19. The van der Waals surface area contributed by atoms with Gasteiger partial charge in [0.1, 0.15) is 11.6 Å². The summed E-state index contributed by atoms with van der Waals surface area (Å²) in [6.07, 6.45) is 4.14. The van der Waals surface area contributed by atoms with Gasteiger partial charge in [-0.2, -0.15) is 5.26 Å². The molecule has 4 nitrogen and oxygen atoms in total. The topological polar surface area (TPSA) is 67.6 Å². The summed E-state index contributed by atoms with van der Waals surface area (Å²) >= 11 is 0. The van der Waals surface area contributed by atoms with E-state index < -0.39 is 0 Å². The number of nitrogens with zero attached hydrogens (tertiary/aromatic N) is 3. The molecule has 2 aromatic rings. The first-order valence-corrected chi connectivity index (χ1v) is 6.04. The lowest BCUT2D eigenvalue weighted by atomic mass is 10.1. The molecule has 98 valence electrons. The van der Waals surface area contributed by atoms with Crippen molar-refractivity contribution in [2.45, 2.75) is 25.9 Å². The second kappa shape index (κ2) is 5.63. The van der Waals surface area contributed by atoms with E-state index in [1.54, 1.807) is 6.20 Å². The summed E-state index contributed by atoms with van der Waals surface area (Å²) in [6.45, 7) is 2.32. The molecule has 0 spiro atoms. The molecule has 0 amide bonds. The van der Waals surface area contributed by atoms with Crippen LogP contribution in [-0.4, -0.2) is 15.6 Å². The van der Waals surface area contributed by atoms with Crippen LogP contribution in [0.1, 0.15) is 23.9 Å². The second-order valence-electron chi connectivity index (χ2n) is 4.57. The number of hydrogen-bond donors (Lipinski definition) is 1. The first kappa shape index (κ1) is 13.2. The van der Waals surface area contributed by atoms with Crippen molar-refractivity contribution >= 4 is 0 Å². The molecule has 0 aliphatic carbocycles. The Morgan fingerprint density at radius 3 is 3.00 bits per heavy atom. The number of halogens is 1. The summed E-state index contributed by atoms with van der Waals surface area (Å²) in [5.74, 6) is 0.492. The highest BCUT2D eigenvalue weighted by Gasteiger charge is 2.09. The van der Waals surface area contributed by atoms with Gasteiger partial charge in [-0.3, -0.25) is 0 Å². The van der Waals surface area contributed by atoms with Crippen LogP contribution in [0.2, 0.25) is 0 Å². The van der Waals surface area contributed by atoms with Crippen molar-refractivity contribution in [1.82, 2.24) is 9.55 Å². The van der Waals surface area contributed by atoms with Crippen LogP contribution in [0.5, 0.6) is 0 Å². The van der Waals surface area contributed by atoms with Crippen molar-refractivity contribution in [3.8, 4) is 6.07 Å². The first-order valence-electron chi connectivity index (χ1n) is 6.04. The van der Waals surface area contributed by atoms with Crippen LogP contribution in [0.3, 0.4) is 0 Å². The zero-order chi connectivity index (χ0) is 13.8. The summed E-state index contributed by atoms with van der Waals surface area (Å²) in [4.78, 5) is 4.24. The smallest absolute Gasteiger partial charge is 0.123 e. The molecule has 1 heterocycles. The third kappa shape index (κ3) is 3.18. The van der Waals surface area contributed by atoms with Gasteiger partial charge in [0.2, 0.25) is 0 Å². The molecule has 1 aromatic heterocycles. The highest BCUT2D eigenvalue weighted by Crippen LogP contribution is 2.13. The normalized spacial score (nSPS) is 12.1. The molecule has 2 rings (SSSR count). The standard InChI is InChI=1S/C14H15FN4/c1-10(17)6-14-18-4-5-19(14)9-12-7-13(15)3-2-11(12)8-16/h2-5,7,10H,6,9,17H2,1H3. The van der Waals surface area contributed by atoms with Gasteiger partial charge in [0.05, 0.1) is 18.2 Å². The number of imidazole rings is 1. The van der Waals surface area contributed by atoms with Gasteiger partial charge in [-0.15, -0.1) is 0 Å². The van der Waals surface area contributed by atoms with Crippen molar-refractivity contribution in [3.05, 3.63) is 53.4 Å². The van der Waals surface area contributed by atoms with Crippen molar-refractivity contribution in [2.75, 3.05) is 0 Å². The predicted octanol–water partition coefficient (Wildman–Crippen LogP) is 1.83. The van der Waals surface area contributed by atoms with Crippen LogP contribution in [0.4, 0.5) is 4.39 Å². The van der Waals surface area contributed by atoms with Crippen LogP contribution >= 0.6 is 0 Å². The molecule has 0 fully saturated rings. The molecule has 0 aliphatic rings. The Morgan fingerprint density at radius 1 is 1.53 bits per heavy atom. The average Bonchev–Trinajstić information content (AvgIpc) is 2.76. The second-order valence-corrected chi connectivity index (χ2v) is 4.57. The van der Waals surface area contributed by atoms with E-state index in [0.717, 1.165) is 5.82 Å². The Kier molecular flexibility index (Phi) is 3.93. The molecule has 0 saturated carbocycles. The molecule has 2 N–H and O–H groups in total. The summed E-state index contributed by atoms with van der Waals surface area (Å²) in [7, 11) is 0. The number of rotatable bonds is 4.